The number of amides is 1. The third-order valence-electron chi connectivity index (χ3n) is 3.99. The number of nitrogen functional groups attached to an aromatic ring is 1. The molecule has 0 atom stereocenters. The van der Waals surface area contributed by atoms with Gasteiger partial charge in [0.2, 0.25) is 11.9 Å². The highest BCUT2D eigenvalue weighted by Gasteiger charge is 2.33. The van der Waals surface area contributed by atoms with Crippen LogP contribution in [0.25, 0.3) is 0 Å². The molecule has 3 rings (SSSR count). The standard InChI is InChI=1S/C16H14ClF3N4O/c17-12-3-1-9(5-11(12)16(18,19)20)2-4-14(25)24-7-10-6-22-15(21)23-13(10)8-24/h1,3,5-6H,2,4,7-8H2,(H2,21,22,23). The van der Waals surface area contributed by atoms with E-state index in [0.717, 1.165) is 11.6 Å². The molecule has 0 saturated heterocycles. The van der Waals surface area contributed by atoms with Crippen LogP contribution in [0.15, 0.2) is 24.4 Å². The topological polar surface area (TPSA) is 72.1 Å². The molecule has 1 aromatic carbocycles. The van der Waals surface area contributed by atoms with E-state index in [0.29, 0.717) is 24.3 Å². The molecule has 0 aliphatic carbocycles. The number of benzene rings is 1. The predicted octanol–water partition coefficient (Wildman–Crippen LogP) is 3.21. The van der Waals surface area contributed by atoms with Gasteiger partial charge in [-0.2, -0.15) is 13.2 Å². The number of hydrogen-bond acceptors (Lipinski definition) is 4. The quantitative estimate of drug-likeness (QED) is 0.900. The van der Waals surface area contributed by atoms with Gasteiger partial charge in [0.1, 0.15) is 0 Å². The van der Waals surface area contributed by atoms with E-state index in [1.807, 2.05) is 0 Å². The van der Waals surface area contributed by atoms with E-state index in [9.17, 15) is 18.0 Å². The Balaban J connectivity index is 1.64. The maximum atomic E-state index is 12.9. The molecule has 2 N–H and O–H groups in total. The zero-order chi connectivity index (χ0) is 18.2. The second-order valence-corrected chi connectivity index (χ2v) is 6.17. The normalized spacial score (nSPS) is 13.8. The summed E-state index contributed by atoms with van der Waals surface area (Å²) in [5, 5.41) is -0.353. The van der Waals surface area contributed by atoms with E-state index in [2.05, 4.69) is 9.97 Å². The van der Waals surface area contributed by atoms with Gasteiger partial charge in [-0.3, -0.25) is 4.79 Å². The van der Waals surface area contributed by atoms with Crippen LogP contribution in [0.4, 0.5) is 19.1 Å². The molecule has 0 fully saturated rings. The summed E-state index contributed by atoms with van der Waals surface area (Å²) in [6.45, 7) is 0.707. The Labute approximate surface area is 146 Å². The van der Waals surface area contributed by atoms with Crippen LogP contribution in [0.2, 0.25) is 5.02 Å². The van der Waals surface area contributed by atoms with Gasteiger partial charge in [0.25, 0.3) is 0 Å². The van der Waals surface area contributed by atoms with Gasteiger partial charge in [0.15, 0.2) is 0 Å². The lowest BCUT2D eigenvalue weighted by atomic mass is 10.1. The Morgan fingerprint density at radius 1 is 1.32 bits per heavy atom. The zero-order valence-electron chi connectivity index (χ0n) is 13.0. The molecule has 1 aliphatic rings. The second-order valence-electron chi connectivity index (χ2n) is 5.76. The Morgan fingerprint density at radius 3 is 2.80 bits per heavy atom. The largest absolute Gasteiger partial charge is 0.417 e. The van der Waals surface area contributed by atoms with Crippen LogP contribution in [-0.4, -0.2) is 20.8 Å². The fourth-order valence-corrected chi connectivity index (χ4v) is 2.92. The highest BCUT2D eigenvalue weighted by atomic mass is 35.5. The maximum absolute atomic E-state index is 12.9. The molecule has 5 nitrogen and oxygen atoms in total. The Kier molecular flexibility index (Phi) is 4.55. The summed E-state index contributed by atoms with van der Waals surface area (Å²) >= 11 is 5.59. The van der Waals surface area contributed by atoms with Crippen molar-refractivity contribution in [2.45, 2.75) is 32.1 Å². The van der Waals surface area contributed by atoms with Crippen LogP contribution in [0.5, 0.6) is 0 Å². The number of rotatable bonds is 3. The molecule has 25 heavy (non-hydrogen) atoms. The number of anilines is 1. The molecule has 2 heterocycles. The molecule has 2 aromatic rings. The van der Waals surface area contributed by atoms with Gasteiger partial charge >= 0.3 is 6.18 Å². The minimum absolute atomic E-state index is 0.0931. The molecule has 0 unspecified atom stereocenters. The first-order valence-corrected chi connectivity index (χ1v) is 7.85. The average molecular weight is 371 g/mol. The summed E-state index contributed by atoms with van der Waals surface area (Å²) in [7, 11) is 0. The average Bonchev–Trinajstić information content (AvgIpc) is 2.95. The van der Waals surface area contributed by atoms with Crippen molar-refractivity contribution in [2.24, 2.45) is 0 Å². The number of aryl methyl sites for hydroxylation is 1. The maximum Gasteiger partial charge on any atom is 0.417 e. The highest BCUT2D eigenvalue weighted by Crippen LogP contribution is 2.35. The van der Waals surface area contributed by atoms with Crippen molar-refractivity contribution in [1.82, 2.24) is 14.9 Å². The molecule has 132 valence electrons. The fraction of sp³-hybridized carbons (Fsp3) is 0.312. The molecular weight excluding hydrogens is 357 g/mol. The third-order valence-corrected chi connectivity index (χ3v) is 4.32. The van der Waals surface area contributed by atoms with Gasteiger partial charge in [0.05, 0.1) is 22.8 Å². The van der Waals surface area contributed by atoms with Crippen LogP contribution in [0, 0.1) is 0 Å². The van der Waals surface area contributed by atoms with Crippen molar-refractivity contribution in [3.8, 4) is 0 Å². The van der Waals surface area contributed by atoms with Crippen LogP contribution >= 0.6 is 11.6 Å². The van der Waals surface area contributed by atoms with Gasteiger partial charge < -0.3 is 10.6 Å². The number of halogens is 4. The van der Waals surface area contributed by atoms with Crippen molar-refractivity contribution in [3.63, 3.8) is 0 Å². The zero-order valence-corrected chi connectivity index (χ0v) is 13.7. The number of nitrogens with zero attached hydrogens (tertiary/aromatic N) is 3. The van der Waals surface area contributed by atoms with Crippen molar-refractivity contribution in [1.29, 1.82) is 0 Å². The van der Waals surface area contributed by atoms with Gasteiger partial charge in [-0.25, -0.2) is 9.97 Å². The number of carbonyl (C=O) groups is 1. The monoisotopic (exact) mass is 370 g/mol. The van der Waals surface area contributed by atoms with Crippen molar-refractivity contribution < 1.29 is 18.0 Å². The SMILES string of the molecule is Nc1ncc2c(n1)CN(C(=O)CCc1ccc(Cl)c(C(F)(F)F)c1)C2. The number of aromatic nitrogens is 2. The van der Waals surface area contributed by atoms with Crippen LogP contribution in [0.3, 0.4) is 0 Å². The molecule has 0 bridgehead atoms. The van der Waals surface area contributed by atoms with E-state index in [4.69, 9.17) is 17.3 Å². The van der Waals surface area contributed by atoms with E-state index >= 15 is 0 Å². The van der Waals surface area contributed by atoms with E-state index in [1.165, 1.54) is 12.1 Å². The summed E-state index contributed by atoms with van der Waals surface area (Å²) in [5.74, 6) is -0.0195. The Morgan fingerprint density at radius 2 is 2.08 bits per heavy atom. The van der Waals surface area contributed by atoms with Gasteiger partial charge in [-0.05, 0) is 24.1 Å². The molecule has 1 amide bonds. The number of nitrogens with two attached hydrogens (primary N) is 1. The first-order valence-electron chi connectivity index (χ1n) is 7.47. The summed E-state index contributed by atoms with van der Waals surface area (Å²) in [6.07, 6.45) is -2.65. The third kappa shape index (κ3) is 3.84. The lowest BCUT2D eigenvalue weighted by molar-refractivity contribution is -0.137. The van der Waals surface area contributed by atoms with Gasteiger partial charge in [0, 0.05) is 24.7 Å². The first-order chi connectivity index (χ1) is 11.7. The van der Waals surface area contributed by atoms with E-state index < -0.39 is 11.7 Å². The van der Waals surface area contributed by atoms with Gasteiger partial charge in [-0.1, -0.05) is 17.7 Å². The number of hydrogen-bond donors (Lipinski definition) is 1. The van der Waals surface area contributed by atoms with E-state index in [-0.39, 0.29) is 29.7 Å². The summed E-state index contributed by atoms with van der Waals surface area (Å²) in [5.41, 5.74) is 6.57. The van der Waals surface area contributed by atoms with Crippen LogP contribution < -0.4 is 5.73 Å². The van der Waals surface area contributed by atoms with Crippen LogP contribution in [0.1, 0.15) is 28.8 Å². The van der Waals surface area contributed by atoms with Crippen molar-refractivity contribution >= 4 is 23.5 Å². The smallest absolute Gasteiger partial charge is 0.368 e. The predicted molar refractivity (Wildman–Crippen MR) is 85.5 cm³/mol. The molecular formula is C16H14ClF3N4O. The molecule has 0 spiro atoms. The van der Waals surface area contributed by atoms with Crippen LogP contribution in [-0.2, 0) is 30.5 Å². The molecule has 1 aromatic heterocycles. The molecule has 9 heteroatoms. The Hall–Kier alpha value is -2.35. The lowest BCUT2D eigenvalue weighted by Crippen LogP contribution is -2.25. The lowest BCUT2D eigenvalue weighted by Gasteiger charge is -2.15. The minimum atomic E-state index is -4.52. The van der Waals surface area contributed by atoms with Crippen molar-refractivity contribution in [3.05, 3.63) is 51.8 Å². The number of fused-ring (bicyclic) bond motifs is 1. The summed E-state index contributed by atoms with van der Waals surface area (Å²) < 4.78 is 38.6. The minimum Gasteiger partial charge on any atom is -0.368 e. The second kappa shape index (κ2) is 6.51. The molecule has 0 radical (unpaired) electrons. The van der Waals surface area contributed by atoms with Gasteiger partial charge in [-0.15, -0.1) is 0 Å². The fourth-order valence-electron chi connectivity index (χ4n) is 2.70. The highest BCUT2D eigenvalue weighted by molar-refractivity contribution is 6.31. The Bertz CT molecular complexity index is 826. The first kappa shape index (κ1) is 17.5. The molecule has 1 aliphatic heterocycles. The molecule has 0 saturated carbocycles. The van der Waals surface area contributed by atoms with E-state index in [1.54, 1.807) is 11.1 Å². The summed E-state index contributed by atoms with van der Waals surface area (Å²) in [6, 6.07) is 3.69. The number of alkyl halides is 3. The van der Waals surface area contributed by atoms with Crippen molar-refractivity contribution in [2.75, 3.05) is 5.73 Å². The number of carbonyl (C=O) groups excluding carboxylic acids is 1. The summed E-state index contributed by atoms with van der Waals surface area (Å²) in [4.78, 5) is 21.9.